The topological polar surface area (TPSA) is 43.6 Å². The Labute approximate surface area is 124 Å². The van der Waals surface area contributed by atoms with E-state index in [4.69, 9.17) is 16.6 Å². The molecule has 2 heterocycles. The van der Waals surface area contributed by atoms with Gasteiger partial charge in [0.1, 0.15) is 5.15 Å². The highest BCUT2D eigenvalue weighted by Gasteiger charge is 2.17. The van der Waals surface area contributed by atoms with Crippen molar-refractivity contribution in [3.63, 3.8) is 0 Å². The summed E-state index contributed by atoms with van der Waals surface area (Å²) in [6.07, 6.45) is 9.41. The number of fused-ring (bicyclic) bond motifs is 1. The maximum absolute atomic E-state index is 6.36. The zero-order chi connectivity index (χ0) is 14.1. The van der Waals surface area contributed by atoms with E-state index < -0.39 is 0 Å². The van der Waals surface area contributed by atoms with E-state index in [0.29, 0.717) is 17.0 Å². The molecule has 0 aromatic carbocycles. The van der Waals surface area contributed by atoms with Gasteiger partial charge >= 0.3 is 0 Å². The van der Waals surface area contributed by atoms with Gasteiger partial charge in [0.15, 0.2) is 5.82 Å². The number of aromatic nitrogens is 4. The number of hydrogen-bond acceptors (Lipinski definition) is 3. The monoisotopic (exact) mass is 290 g/mol. The average Bonchev–Trinajstić information content (AvgIpc) is 2.79. The summed E-state index contributed by atoms with van der Waals surface area (Å²) in [5, 5.41) is 4.96. The Morgan fingerprint density at radius 3 is 2.70 bits per heavy atom. The fourth-order valence-electron chi connectivity index (χ4n) is 2.59. The molecular weight excluding hydrogens is 272 g/mol. The van der Waals surface area contributed by atoms with E-state index in [0.717, 1.165) is 29.7 Å². The zero-order valence-electron chi connectivity index (χ0n) is 11.9. The molecule has 106 valence electrons. The number of hydrogen-bond donors (Lipinski definition) is 0. The van der Waals surface area contributed by atoms with Crippen LogP contribution >= 0.6 is 11.6 Å². The minimum atomic E-state index is 0.333. The molecule has 3 rings (SSSR count). The summed E-state index contributed by atoms with van der Waals surface area (Å²) in [6.45, 7) is 4.20. The first-order valence-electron chi connectivity index (χ1n) is 7.25. The van der Waals surface area contributed by atoms with Crippen molar-refractivity contribution in [2.75, 3.05) is 0 Å². The normalized spacial score (nSPS) is 15.2. The van der Waals surface area contributed by atoms with Crippen LogP contribution in [0.1, 0.15) is 50.4 Å². The molecule has 4 nitrogen and oxygen atoms in total. The third-order valence-corrected chi connectivity index (χ3v) is 4.08. The summed E-state index contributed by atoms with van der Waals surface area (Å²) >= 11 is 6.36. The third kappa shape index (κ3) is 2.57. The molecule has 0 N–H and O–H groups in total. The van der Waals surface area contributed by atoms with Gasteiger partial charge < -0.3 is 0 Å². The maximum atomic E-state index is 6.36. The smallest absolute Gasteiger partial charge is 0.164 e. The Morgan fingerprint density at radius 2 is 1.95 bits per heavy atom. The summed E-state index contributed by atoms with van der Waals surface area (Å²) < 4.78 is 1.91. The molecular formula is C15H19ClN4. The van der Waals surface area contributed by atoms with Gasteiger partial charge in [-0.05, 0) is 39.5 Å². The molecule has 0 spiro atoms. The van der Waals surface area contributed by atoms with Gasteiger partial charge in [-0.3, -0.25) is 4.68 Å². The van der Waals surface area contributed by atoms with Gasteiger partial charge in [0.2, 0.25) is 0 Å². The van der Waals surface area contributed by atoms with Crippen molar-refractivity contribution >= 4 is 11.6 Å². The van der Waals surface area contributed by atoms with Crippen LogP contribution in [0.3, 0.4) is 0 Å². The van der Waals surface area contributed by atoms with Crippen molar-refractivity contribution < 1.29 is 0 Å². The zero-order valence-corrected chi connectivity index (χ0v) is 12.7. The summed E-state index contributed by atoms with van der Waals surface area (Å²) in [6, 6.07) is 0.333. The van der Waals surface area contributed by atoms with Crippen molar-refractivity contribution in [1.82, 2.24) is 19.7 Å². The van der Waals surface area contributed by atoms with E-state index in [2.05, 4.69) is 23.9 Å². The highest BCUT2D eigenvalue weighted by molar-refractivity contribution is 6.30. The van der Waals surface area contributed by atoms with Crippen molar-refractivity contribution in [2.24, 2.45) is 0 Å². The first-order valence-corrected chi connectivity index (χ1v) is 7.63. The highest BCUT2D eigenvalue weighted by atomic mass is 35.5. The molecule has 2 aromatic rings. The van der Waals surface area contributed by atoms with E-state index in [1.807, 2.05) is 17.1 Å². The van der Waals surface area contributed by atoms with E-state index in [1.54, 1.807) is 0 Å². The molecule has 0 aliphatic heterocycles. The van der Waals surface area contributed by atoms with Gasteiger partial charge in [-0.1, -0.05) is 18.0 Å². The van der Waals surface area contributed by atoms with Crippen molar-refractivity contribution in [2.45, 2.75) is 52.0 Å². The predicted molar refractivity (Wildman–Crippen MR) is 79.9 cm³/mol. The molecule has 5 heteroatoms. The van der Waals surface area contributed by atoms with Crippen molar-refractivity contribution in [3.8, 4) is 11.4 Å². The van der Waals surface area contributed by atoms with E-state index in [1.165, 1.54) is 19.3 Å². The summed E-state index contributed by atoms with van der Waals surface area (Å²) in [5.74, 6) is 0.697. The third-order valence-electron chi connectivity index (χ3n) is 3.77. The second kappa shape index (κ2) is 5.52. The van der Waals surface area contributed by atoms with Crippen LogP contribution in [0.4, 0.5) is 0 Å². The quantitative estimate of drug-likeness (QED) is 0.623. The van der Waals surface area contributed by atoms with Crippen LogP contribution in [0.25, 0.3) is 11.4 Å². The fourth-order valence-corrected chi connectivity index (χ4v) is 2.87. The van der Waals surface area contributed by atoms with Gasteiger partial charge in [0, 0.05) is 23.5 Å². The molecule has 0 saturated carbocycles. The molecule has 20 heavy (non-hydrogen) atoms. The Kier molecular flexibility index (Phi) is 3.74. The predicted octanol–water partition coefficient (Wildman–Crippen LogP) is 3.84. The van der Waals surface area contributed by atoms with Crippen LogP contribution in [0.15, 0.2) is 12.4 Å². The van der Waals surface area contributed by atoms with Crippen LogP contribution in [-0.2, 0) is 12.8 Å². The van der Waals surface area contributed by atoms with E-state index in [-0.39, 0.29) is 0 Å². The fraction of sp³-hybridized carbons (Fsp3) is 0.533. The van der Waals surface area contributed by atoms with Crippen LogP contribution in [0.2, 0.25) is 5.15 Å². The first-order chi connectivity index (χ1) is 9.65. The largest absolute Gasteiger partial charge is 0.270 e. The lowest BCUT2D eigenvalue weighted by atomic mass is 10.1. The number of nitrogens with zero attached hydrogens (tertiary/aromatic N) is 4. The molecule has 0 amide bonds. The van der Waals surface area contributed by atoms with Gasteiger partial charge in [0.25, 0.3) is 0 Å². The highest BCUT2D eigenvalue weighted by Crippen LogP contribution is 2.27. The maximum Gasteiger partial charge on any atom is 0.164 e. The van der Waals surface area contributed by atoms with Crippen LogP contribution in [0, 0.1) is 0 Å². The molecule has 0 unspecified atom stereocenters. The van der Waals surface area contributed by atoms with Gasteiger partial charge in [-0.2, -0.15) is 5.10 Å². The van der Waals surface area contributed by atoms with Gasteiger partial charge in [-0.15, -0.1) is 0 Å². The molecule has 0 atom stereocenters. The summed E-state index contributed by atoms with van der Waals surface area (Å²) in [7, 11) is 0. The molecule has 0 radical (unpaired) electrons. The van der Waals surface area contributed by atoms with Crippen LogP contribution < -0.4 is 0 Å². The van der Waals surface area contributed by atoms with E-state index in [9.17, 15) is 0 Å². The van der Waals surface area contributed by atoms with Crippen LogP contribution in [-0.4, -0.2) is 19.7 Å². The SMILES string of the molecule is CC(C)n1cc(-c2nc(Cl)c3c(n2)CCCCC3)cn1. The number of halogens is 1. The van der Waals surface area contributed by atoms with Crippen molar-refractivity contribution in [3.05, 3.63) is 28.8 Å². The molecule has 2 aromatic heterocycles. The molecule has 0 bridgehead atoms. The molecule has 1 aliphatic rings. The Bertz CT molecular complexity index is 618. The molecule has 0 saturated heterocycles. The van der Waals surface area contributed by atoms with E-state index >= 15 is 0 Å². The Balaban J connectivity index is 2.01. The summed E-state index contributed by atoms with van der Waals surface area (Å²) in [4.78, 5) is 9.20. The van der Waals surface area contributed by atoms with Gasteiger partial charge in [-0.25, -0.2) is 9.97 Å². The minimum absolute atomic E-state index is 0.333. The summed E-state index contributed by atoms with van der Waals surface area (Å²) in [5.41, 5.74) is 3.20. The average molecular weight is 291 g/mol. The lowest BCUT2D eigenvalue weighted by Gasteiger charge is -2.08. The minimum Gasteiger partial charge on any atom is -0.270 e. The van der Waals surface area contributed by atoms with Gasteiger partial charge in [0.05, 0.1) is 11.8 Å². The number of aryl methyl sites for hydroxylation is 1. The lowest BCUT2D eigenvalue weighted by molar-refractivity contribution is 0.532. The molecule has 0 fully saturated rings. The number of rotatable bonds is 2. The second-order valence-corrected chi connectivity index (χ2v) is 5.98. The first kappa shape index (κ1) is 13.6. The Morgan fingerprint density at radius 1 is 1.15 bits per heavy atom. The van der Waals surface area contributed by atoms with Crippen LogP contribution in [0.5, 0.6) is 0 Å². The van der Waals surface area contributed by atoms with Crippen molar-refractivity contribution in [1.29, 1.82) is 0 Å². The lowest BCUT2D eigenvalue weighted by Crippen LogP contribution is -2.02. The molecule has 1 aliphatic carbocycles. The second-order valence-electron chi connectivity index (χ2n) is 5.63. The standard InChI is InChI=1S/C15H19ClN4/c1-10(2)20-9-11(8-17-20)15-18-13-7-5-3-4-6-12(13)14(16)19-15/h8-10H,3-7H2,1-2H3. The Hall–Kier alpha value is -1.42.